The molecule has 0 aliphatic heterocycles. The van der Waals surface area contributed by atoms with Gasteiger partial charge >= 0.3 is 0 Å². The van der Waals surface area contributed by atoms with Gasteiger partial charge in [-0.3, -0.25) is 4.79 Å². The quantitative estimate of drug-likeness (QED) is 0.781. The molecule has 2 rings (SSSR count). The van der Waals surface area contributed by atoms with Gasteiger partial charge in [0.1, 0.15) is 5.75 Å². The number of nitrogens with one attached hydrogen (secondary N) is 1. The van der Waals surface area contributed by atoms with Gasteiger partial charge in [0.05, 0.1) is 6.61 Å². The average Bonchev–Trinajstić information content (AvgIpc) is 2.45. The summed E-state index contributed by atoms with van der Waals surface area (Å²) in [6, 6.07) is 14.6. The zero-order valence-electron chi connectivity index (χ0n) is 10.7. The molecule has 20 heavy (non-hydrogen) atoms. The lowest BCUT2D eigenvalue weighted by molar-refractivity contribution is -0.118. The molecule has 2 aromatic carbocycles. The number of halogens is 1. The normalized spacial score (nSPS) is 10.1. The Kier molecular flexibility index (Phi) is 5.37. The van der Waals surface area contributed by atoms with Gasteiger partial charge in [-0.05, 0) is 46.9 Å². The van der Waals surface area contributed by atoms with Gasteiger partial charge in [0, 0.05) is 14.8 Å². The highest BCUT2D eigenvalue weighted by Gasteiger charge is 2.06. The van der Waals surface area contributed by atoms with Crippen molar-refractivity contribution in [2.75, 3.05) is 11.9 Å². The van der Waals surface area contributed by atoms with Crippen molar-refractivity contribution in [3.05, 3.63) is 57.7 Å². The molecule has 1 amide bonds. The fourth-order valence-electron chi connectivity index (χ4n) is 1.68. The first-order valence-electron chi connectivity index (χ1n) is 6.06. The summed E-state index contributed by atoms with van der Waals surface area (Å²) in [5.41, 5.74) is 1.40. The molecule has 0 aliphatic rings. The van der Waals surface area contributed by atoms with E-state index in [1.807, 2.05) is 30.3 Å². The van der Waals surface area contributed by atoms with Gasteiger partial charge in [-0.25, -0.2) is 0 Å². The number of amides is 1. The molecule has 2 aromatic rings. The SMILES string of the molecule is O=C(COc1ccccc1CO)Nc1cccc(I)c1. The zero-order valence-corrected chi connectivity index (χ0v) is 12.8. The van der Waals surface area contributed by atoms with E-state index in [4.69, 9.17) is 9.84 Å². The summed E-state index contributed by atoms with van der Waals surface area (Å²) < 4.78 is 6.47. The molecule has 2 N–H and O–H groups in total. The minimum Gasteiger partial charge on any atom is -0.483 e. The van der Waals surface area contributed by atoms with Gasteiger partial charge in [0.15, 0.2) is 6.61 Å². The average molecular weight is 383 g/mol. The number of hydrogen-bond acceptors (Lipinski definition) is 3. The highest BCUT2D eigenvalue weighted by molar-refractivity contribution is 14.1. The van der Waals surface area contributed by atoms with Gasteiger partial charge in [0.25, 0.3) is 5.91 Å². The summed E-state index contributed by atoms with van der Waals surface area (Å²) in [7, 11) is 0. The van der Waals surface area contributed by atoms with E-state index in [1.165, 1.54) is 0 Å². The van der Waals surface area contributed by atoms with Crippen molar-refractivity contribution in [2.24, 2.45) is 0 Å². The Labute approximate surface area is 130 Å². The zero-order chi connectivity index (χ0) is 14.4. The molecule has 0 aliphatic carbocycles. The first-order valence-corrected chi connectivity index (χ1v) is 7.14. The second-order valence-corrected chi connectivity index (χ2v) is 5.36. The van der Waals surface area contributed by atoms with Crippen LogP contribution in [0.15, 0.2) is 48.5 Å². The predicted octanol–water partition coefficient (Wildman–Crippen LogP) is 2.80. The van der Waals surface area contributed by atoms with Crippen molar-refractivity contribution in [1.82, 2.24) is 0 Å². The highest BCUT2D eigenvalue weighted by Crippen LogP contribution is 2.18. The largest absolute Gasteiger partial charge is 0.483 e. The van der Waals surface area contributed by atoms with Crippen molar-refractivity contribution >= 4 is 34.2 Å². The Morgan fingerprint density at radius 2 is 2.00 bits per heavy atom. The van der Waals surface area contributed by atoms with Crippen LogP contribution < -0.4 is 10.1 Å². The monoisotopic (exact) mass is 383 g/mol. The van der Waals surface area contributed by atoms with Crippen LogP contribution in [-0.4, -0.2) is 17.6 Å². The second kappa shape index (κ2) is 7.25. The summed E-state index contributed by atoms with van der Waals surface area (Å²) in [5, 5.41) is 11.9. The van der Waals surface area contributed by atoms with Gasteiger partial charge in [-0.2, -0.15) is 0 Å². The molecular formula is C15H14INO3. The van der Waals surface area contributed by atoms with E-state index >= 15 is 0 Å². The molecule has 0 spiro atoms. The van der Waals surface area contributed by atoms with Crippen LogP contribution in [0.3, 0.4) is 0 Å². The van der Waals surface area contributed by atoms with Crippen LogP contribution in [0.2, 0.25) is 0 Å². The van der Waals surface area contributed by atoms with Crippen LogP contribution in [0.25, 0.3) is 0 Å². The predicted molar refractivity (Wildman–Crippen MR) is 85.6 cm³/mol. The topological polar surface area (TPSA) is 58.6 Å². The van der Waals surface area contributed by atoms with E-state index in [9.17, 15) is 4.79 Å². The number of aliphatic hydroxyl groups is 1. The van der Waals surface area contributed by atoms with Crippen LogP contribution in [0.5, 0.6) is 5.75 Å². The molecule has 0 heterocycles. The third-order valence-electron chi connectivity index (χ3n) is 2.61. The van der Waals surface area contributed by atoms with E-state index in [0.717, 1.165) is 9.26 Å². The molecule has 0 saturated carbocycles. The van der Waals surface area contributed by atoms with Crippen molar-refractivity contribution < 1.29 is 14.6 Å². The van der Waals surface area contributed by atoms with E-state index in [-0.39, 0.29) is 19.1 Å². The van der Waals surface area contributed by atoms with Crippen molar-refractivity contribution in [2.45, 2.75) is 6.61 Å². The maximum Gasteiger partial charge on any atom is 0.262 e. The lowest BCUT2D eigenvalue weighted by Crippen LogP contribution is -2.20. The molecular weight excluding hydrogens is 369 g/mol. The van der Waals surface area contributed by atoms with Crippen LogP contribution in [0.4, 0.5) is 5.69 Å². The second-order valence-electron chi connectivity index (χ2n) is 4.11. The molecule has 104 valence electrons. The Morgan fingerprint density at radius 1 is 1.20 bits per heavy atom. The third-order valence-corrected chi connectivity index (χ3v) is 3.28. The summed E-state index contributed by atoms with van der Waals surface area (Å²) in [6.45, 7) is -0.211. The molecule has 0 saturated heterocycles. The smallest absolute Gasteiger partial charge is 0.262 e. The van der Waals surface area contributed by atoms with E-state index < -0.39 is 0 Å². The number of aliphatic hydroxyl groups excluding tert-OH is 1. The summed E-state index contributed by atoms with van der Waals surface area (Å²) in [5.74, 6) is 0.285. The van der Waals surface area contributed by atoms with Gasteiger partial charge in [-0.1, -0.05) is 24.3 Å². The Balaban J connectivity index is 1.92. The number of ether oxygens (including phenoxy) is 1. The highest BCUT2D eigenvalue weighted by atomic mass is 127. The molecule has 0 aromatic heterocycles. The molecule has 0 unspecified atom stereocenters. The number of rotatable bonds is 5. The Hall–Kier alpha value is -1.60. The number of benzene rings is 2. The molecule has 0 radical (unpaired) electrons. The van der Waals surface area contributed by atoms with Crippen LogP contribution >= 0.6 is 22.6 Å². The molecule has 0 atom stereocenters. The van der Waals surface area contributed by atoms with E-state index in [1.54, 1.807) is 18.2 Å². The van der Waals surface area contributed by atoms with Gasteiger partial charge < -0.3 is 15.2 Å². The summed E-state index contributed by atoms with van der Waals surface area (Å²) in [6.07, 6.45) is 0. The van der Waals surface area contributed by atoms with Crippen LogP contribution in [0.1, 0.15) is 5.56 Å². The van der Waals surface area contributed by atoms with E-state index in [2.05, 4.69) is 27.9 Å². The van der Waals surface area contributed by atoms with Crippen molar-refractivity contribution in [1.29, 1.82) is 0 Å². The number of anilines is 1. The number of hydrogen-bond donors (Lipinski definition) is 2. The maximum absolute atomic E-state index is 11.8. The number of carbonyl (C=O) groups is 1. The summed E-state index contributed by atoms with van der Waals surface area (Å²) in [4.78, 5) is 11.8. The molecule has 0 bridgehead atoms. The summed E-state index contributed by atoms with van der Waals surface area (Å²) >= 11 is 2.18. The Morgan fingerprint density at radius 3 is 2.75 bits per heavy atom. The first kappa shape index (κ1) is 14.8. The first-order chi connectivity index (χ1) is 9.69. The molecule has 4 nitrogen and oxygen atoms in total. The lowest BCUT2D eigenvalue weighted by Gasteiger charge is -2.10. The van der Waals surface area contributed by atoms with Crippen LogP contribution in [0, 0.1) is 3.57 Å². The standard InChI is InChI=1S/C15H14INO3/c16-12-5-3-6-13(8-12)17-15(19)10-20-14-7-2-1-4-11(14)9-18/h1-8,18H,9-10H2,(H,17,19). The van der Waals surface area contributed by atoms with Crippen molar-refractivity contribution in [3.8, 4) is 5.75 Å². The minimum atomic E-state index is -0.236. The van der Waals surface area contributed by atoms with Gasteiger partial charge in [0.2, 0.25) is 0 Å². The minimum absolute atomic E-state index is 0.0948. The maximum atomic E-state index is 11.8. The third kappa shape index (κ3) is 4.21. The molecule has 0 fully saturated rings. The Bertz CT molecular complexity index is 601. The molecule has 5 heteroatoms. The fraction of sp³-hybridized carbons (Fsp3) is 0.133. The number of carbonyl (C=O) groups excluding carboxylic acids is 1. The lowest BCUT2D eigenvalue weighted by atomic mass is 10.2. The number of para-hydroxylation sites is 1. The van der Waals surface area contributed by atoms with E-state index in [0.29, 0.717) is 11.3 Å². The van der Waals surface area contributed by atoms with Crippen LogP contribution in [-0.2, 0) is 11.4 Å². The fourth-order valence-corrected chi connectivity index (χ4v) is 2.22. The van der Waals surface area contributed by atoms with Crippen molar-refractivity contribution in [3.63, 3.8) is 0 Å². The van der Waals surface area contributed by atoms with Gasteiger partial charge in [-0.15, -0.1) is 0 Å².